The van der Waals surface area contributed by atoms with Crippen LogP contribution in [0.2, 0.25) is 0 Å². The molecule has 116 valence electrons. The van der Waals surface area contributed by atoms with Gasteiger partial charge in [-0.1, -0.05) is 13.3 Å². The number of nitrogens with one attached hydrogen (secondary N) is 2. The van der Waals surface area contributed by atoms with E-state index in [-0.39, 0.29) is 4.90 Å². The van der Waals surface area contributed by atoms with Crippen molar-refractivity contribution in [3.8, 4) is 0 Å². The summed E-state index contributed by atoms with van der Waals surface area (Å²) < 4.78 is 22.1. The highest BCUT2D eigenvalue weighted by Crippen LogP contribution is 2.12. The van der Waals surface area contributed by atoms with Gasteiger partial charge in [-0.2, -0.15) is 0 Å². The molecule has 9 heteroatoms. The number of carbonyl (C=O) groups excluding carboxylic acids is 1. The number of amides is 2. The lowest BCUT2D eigenvalue weighted by atomic mass is 10.2. The second-order valence-corrected chi connectivity index (χ2v) is 5.91. The number of nitrogens with two attached hydrogens (primary N) is 1. The number of carbonyl (C=O) groups is 2. The molecule has 0 aliphatic heterocycles. The second kappa shape index (κ2) is 7.04. The number of primary sulfonamides is 1. The Morgan fingerprint density at radius 1 is 1.29 bits per heavy atom. The standard InChI is InChI=1S/C12H17N3O5S/c1-2-3-10(11(16)17)15-12(18)14-8-4-6-9(7-5-8)21(13,19)20/h4-7,10H,2-3H2,1H3,(H,16,17)(H2,13,19,20)(H2,14,15,18)/t10-/m1/s1. The quantitative estimate of drug-likeness (QED) is 0.612. The van der Waals surface area contributed by atoms with E-state index in [1.165, 1.54) is 24.3 Å². The van der Waals surface area contributed by atoms with E-state index < -0.39 is 28.1 Å². The summed E-state index contributed by atoms with van der Waals surface area (Å²) in [7, 11) is -3.79. The second-order valence-electron chi connectivity index (χ2n) is 4.35. The Kier molecular flexibility index (Phi) is 5.68. The average Bonchev–Trinajstić information content (AvgIpc) is 2.37. The molecule has 0 aromatic heterocycles. The minimum Gasteiger partial charge on any atom is -0.480 e. The zero-order chi connectivity index (χ0) is 16.0. The maximum absolute atomic E-state index is 11.7. The summed E-state index contributed by atoms with van der Waals surface area (Å²) in [5, 5.41) is 18.6. The smallest absolute Gasteiger partial charge is 0.326 e. The van der Waals surface area contributed by atoms with Gasteiger partial charge in [0.1, 0.15) is 6.04 Å². The van der Waals surface area contributed by atoms with Crippen LogP contribution in [0.15, 0.2) is 29.2 Å². The summed E-state index contributed by atoms with van der Waals surface area (Å²) in [5.41, 5.74) is 0.320. The van der Waals surface area contributed by atoms with E-state index in [1.807, 2.05) is 6.92 Å². The molecule has 2 amide bonds. The van der Waals surface area contributed by atoms with Crippen LogP contribution in [-0.2, 0) is 14.8 Å². The van der Waals surface area contributed by atoms with Crippen LogP contribution < -0.4 is 15.8 Å². The fraction of sp³-hybridized carbons (Fsp3) is 0.333. The molecule has 8 nitrogen and oxygen atoms in total. The first-order chi connectivity index (χ1) is 9.74. The first-order valence-corrected chi connectivity index (χ1v) is 7.72. The van der Waals surface area contributed by atoms with Gasteiger partial charge in [-0.15, -0.1) is 0 Å². The van der Waals surface area contributed by atoms with Crippen LogP contribution in [0.4, 0.5) is 10.5 Å². The van der Waals surface area contributed by atoms with Crippen molar-refractivity contribution in [1.82, 2.24) is 5.32 Å². The Morgan fingerprint density at radius 3 is 2.29 bits per heavy atom. The van der Waals surface area contributed by atoms with Gasteiger partial charge in [0.05, 0.1) is 4.90 Å². The van der Waals surface area contributed by atoms with Crippen LogP contribution in [0.25, 0.3) is 0 Å². The molecular formula is C12H17N3O5S. The van der Waals surface area contributed by atoms with E-state index in [0.29, 0.717) is 18.5 Å². The van der Waals surface area contributed by atoms with Crippen LogP contribution in [0.3, 0.4) is 0 Å². The monoisotopic (exact) mass is 315 g/mol. The number of carboxylic acids is 1. The molecule has 1 rings (SSSR count). The van der Waals surface area contributed by atoms with Crippen molar-refractivity contribution in [2.75, 3.05) is 5.32 Å². The fourth-order valence-corrected chi connectivity index (χ4v) is 2.11. The molecule has 0 aliphatic carbocycles. The molecule has 0 bridgehead atoms. The van der Waals surface area contributed by atoms with Crippen molar-refractivity contribution in [1.29, 1.82) is 0 Å². The van der Waals surface area contributed by atoms with Crippen molar-refractivity contribution in [3.63, 3.8) is 0 Å². The largest absolute Gasteiger partial charge is 0.480 e. The Bertz CT molecular complexity index is 612. The summed E-state index contributed by atoms with van der Waals surface area (Å²) in [4.78, 5) is 22.5. The number of rotatable bonds is 6. The summed E-state index contributed by atoms with van der Waals surface area (Å²) in [6.07, 6.45) is 0.924. The third kappa shape index (κ3) is 5.40. The zero-order valence-electron chi connectivity index (χ0n) is 11.4. The minimum absolute atomic E-state index is 0.0807. The highest BCUT2D eigenvalue weighted by Gasteiger charge is 2.18. The first-order valence-electron chi connectivity index (χ1n) is 6.17. The predicted octanol–water partition coefficient (Wildman–Crippen LogP) is 0.709. The fourth-order valence-electron chi connectivity index (χ4n) is 1.60. The van der Waals surface area contributed by atoms with Crippen molar-refractivity contribution >= 4 is 27.7 Å². The molecule has 1 aromatic rings. The highest BCUT2D eigenvalue weighted by molar-refractivity contribution is 7.89. The van der Waals surface area contributed by atoms with Crippen molar-refractivity contribution in [2.45, 2.75) is 30.7 Å². The van der Waals surface area contributed by atoms with Crippen LogP contribution in [0.1, 0.15) is 19.8 Å². The van der Waals surface area contributed by atoms with Crippen molar-refractivity contribution in [3.05, 3.63) is 24.3 Å². The molecule has 0 heterocycles. The Hall–Kier alpha value is -2.13. The summed E-state index contributed by atoms with van der Waals surface area (Å²) in [6.45, 7) is 1.81. The summed E-state index contributed by atoms with van der Waals surface area (Å²) in [6, 6.07) is 3.54. The van der Waals surface area contributed by atoms with Crippen LogP contribution in [0.5, 0.6) is 0 Å². The first kappa shape index (κ1) is 16.9. The number of urea groups is 1. The van der Waals surface area contributed by atoms with E-state index in [1.54, 1.807) is 0 Å². The summed E-state index contributed by atoms with van der Waals surface area (Å²) in [5.74, 6) is -1.11. The lowest BCUT2D eigenvalue weighted by molar-refractivity contribution is -0.139. The SMILES string of the molecule is CCC[C@@H](NC(=O)Nc1ccc(S(N)(=O)=O)cc1)C(=O)O. The lowest BCUT2D eigenvalue weighted by Crippen LogP contribution is -2.42. The molecule has 0 saturated carbocycles. The van der Waals surface area contributed by atoms with Gasteiger partial charge in [0.25, 0.3) is 0 Å². The number of anilines is 1. The van der Waals surface area contributed by atoms with Crippen LogP contribution >= 0.6 is 0 Å². The molecule has 0 fully saturated rings. The molecule has 5 N–H and O–H groups in total. The molecule has 0 spiro atoms. The third-order valence-electron chi connectivity index (χ3n) is 2.62. The number of sulfonamides is 1. The number of benzene rings is 1. The molecule has 0 unspecified atom stereocenters. The van der Waals surface area contributed by atoms with Crippen LogP contribution in [-0.4, -0.2) is 31.6 Å². The Labute approximate surface area is 122 Å². The number of hydrogen-bond acceptors (Lipinski definition) is 4. The van der Waals surface area contributed by atoms with Gasteiger partial charge in [-0.3, -0.25) is 0 Å². The number of aliphatic carboxylic acids is 1. The topological polar surface area (TPSA) is 139 Å². The molecule has 0 aliphatic rings. The molecule has 21 heavy (non-hydrogen) atoms. The average molecular weight is 315 g/mol. The van der Waals surface area contributed by atoms with Gasteiger partial charge in [-0.25, -0.2) is 23.1 Å². The van der Waals surface area contributed by atoms with Crippen molar-refractivity contribution in [2.24, 2.45) is 5.14 Å². The number of carboxylic acid groups (broad SMARTS) is 1. The minimum atomic E-state index is -3.79. The highest BCUT2D eigenvalue weighted by atomic mass is 32.2. The maximum atomic E-state index is 11.7. The van der Waals surface area contributed by atoms with Crippen LogP contribution in [0, 0.1) is 0 Å². The van der Waals surface area contributed by atoms with Crippen molar-refractivity contribution < 1.29 is 23.1 Å². The van der Waals surface area contributed by atoms with E-state index in [9.17, 15) is 18.0 Å². The van der Waals surface area contributed by atoms with Gasteiger partial charge in [0, 0.05) is 5.69 Å². The number of hydrogen-bond donors (Lipinski definition) is 4. The zero-order valence-corrected chi connectivity index (χ0v) is 12.2. The Morgan fingerprint density at radius 2 is 1.86 bits per heavy atom. The van der Waals surface area contributed by atoms with Gasteiger partial charge in [-0.05, 0) is 30.7 Å². The molecule has 0 saturated heterocycles. The van der Waals surface area contributed by atoms with Gasteiger partial charge < -0.3 is 15.7 Å². The maximum Gasteiger partial charge on any atom is 0.326 e. The Balaban J connectivity index is 2.68. The van der Waals surface area contributed by atoms with E-state index >= 15 is 0 Å². The van der Waals surface area contributed by atoms with Gasteiger partial charge in [0.15, 0.2) is 0 Å². The third-order valence-corrected chi connectivity index (χ3v) is 3.55. The predicted molar refractivity (Wildman–Crippen MR) is 76.3 cm³/mol. The lowest BCUT2D eigenvalue weighted by Gasteiger charge is -2.14. The molecule has 0 radical (unpaired) electrons. The van der Waals surface area contributed by atoms with Gasteiger partial charge in [0.2, 0.25) is 10.0 Å². The molecular weight excluding hydrogens is 298 g/mol. The van der Waals surface area contributed by atoms with E-state index in [0.717, 1.165) is 0 Å². The normalized spacial score (nSPS) is 12.5. The molecule has 1 aromatic carbocycles. The summed E-state index contributed by atoms with van der Waals surface area (Å²) >= 11 is 0. The van der Waals surface area contributed by atoms with Gasteiger partial charge >= 0.3 is 12.0 Å². The van der Waals surface area contributed by atoms with E-state index in [4.69, 9.17) is 10.2 Å². The molecule has 1 atom stereocenters. The van der Waals surface area contributed by atoms with E-state index in [2.05, 4.69) is 10.6 Å².